The van der Waals surface area contributed by atoms with E-state index in [9.17, 15) is 13.6 Å². The van der Waals surface area contributed by atoms with Gasteiger partial charge in [-0.3, -0.25) is 4.79 Å². The topological polar surface area (TPSA) is 94.5 Å². The van der Waals surface area contributed by atoms with E-state index in [1.165, 1.54) is 0 Å². The number of nitrogens with two attached hydrogens (primary N) is 2. The molecule has 1 amide bonds. The molecule has 2 unspecified atom stereocenters. The van der Waals surface area contributed by atoms with E-state index in [1.54, 1.807) is 48.4 Å². The Morgan fingerprint density at radius 3 is 2.55 bits per heavy atom. The lowest BCUT2D eigenvalue weighted by molar-refractivity contribution is 0.0791. The average molecular weight is 473 g/mol. The van der Waals surface area contributed by atoms with E-state index in [4.69, 9.17) is 27.8 Å². The summed E-state index contributed by atoms with van der Waals surface area (Å²) in [7, 11) is 0. The Hall–Kier alpha value is -3.23. The van der Waals surface area contributed by atoms with Crippen LogP contribution < -0.4 is 16.2 Å². The molecule has 4 N–H and O–H groups in total. The van der Waals surface area contributed by atoms with Crippen LogP contribution in [-0.2, 0) is 0 Å². The van der Waals surface area contributed by atoms with Gasteiger partial charge >= 0.3 is 0 Å². The lowest BCUT2D eigenvalue weighted by Crippen LogP contribution is -2.31. The number of ether oxygens (including phenoxy) is 1. The maximum Gasteiger partial charge on any atom is 0.253 e. The summed E-state index contributed by atoms with van der Waals surface area (Å²) < 4.78 is 33.9. The van der Waals surface area contributed by atoms with Gasteiger partial charge in [0.25, 0.3) is 5.91 Å². The van der Waals surface area contributed by atoms with E-state index in [0.29, 0.717) is 24.2 Å². The molecule has 0 bridgehead atoms. The maximum atomic E-state index is 14.2. The Morgan fingerprint density at radius 1 is 1.18 bits per heavy atom. The molecule has 1 aliphatic heterocycles. The quantitative estimate of drug-likeness (QED) is 0.530. The van der Waals surface area contributed by atoms with Crippen LogP contribution in [0.25, 0.3) is 11.1 Å². The molecule has 3 aromatic rings. The van der Waals surface area contributed by atoms with Crippen LogP contribution in [0, 0.1) is 11.6 Å². The van der Waals surface area contributed by atoms with Gasteiger partial charge in [-0.1, -0.05) is 23.7 Å². The number of nitrogens with zero attached hydrogens (tertiary/aromatic N) is 2. The molecule has 0 aliphatic carbocycles. The zero-order valence-electron chi connectivity index (χ0n) is 17.9. The predicted octanol–water partition coefficient (Wildman–Crippen LogP) is 4.58. The first-order chi connectivity index (χ1) is 15.7. The van der Waals surface area contributed by atoms with Gasteiger partial charge in [0, 0.05) is 42.0 Å². The van der Waals surface area contributed by atoms with Gasteiger partial charge in [0.15, 0.2) is 11.6 Å². The highest BCUT2D eigenvalue weighted by molar-refractivity contribution is 6.31. The zero-order valence-corrected chi connectivity index (χ0v) is 18.7. The Balaban J connectivity index is 1.55. The van der Waals surface area contributed by atoms with Crippen molar-refractivity contribution < 1.29 is 18.3 Å². The van der Waals surface area contributed by atoms with Crippen molar-refractivity contribution in [3.8, 4) is 16.9 Å². The van der Waals surface area contributed by atoms with Gasteiger partial charge in [-0.25, -0.2) is 13.8 Å². The molecule has 2 aromatic carbocycles. The van der Waals surface area contributed by atoms with E-state index < -0.39 is 17.7 Å². The third-order valence-electron chi connectivity index (χ3n) is 5.65. The number of rotatable bonds is 5. The largest absolute Gasteiger partial charge is 0.482 e. The number of benzene rings is 2. The molecular formula is C24H23ClF2N4O2. The molecule has 0 radical (unpaired) electrons. The number of hydrogen-bond acceptors (Lipinski definition) is 5. The van der Waals surface area contributed by atoms with Crippen molar-refractivity contribution in [1.29, 1.82) is 0 Å². The van der Waals surface area contributed by atoms with Gasteiger partial charge in [-0.15, -0.1) is 0 Å². The summed E-state index contributed by atoms with van der Waals surface area (Å²) in [5, 5.41) is -0.343. The third-order valence-corrected chi connectivity index (χ3v) is 6.03. The normalized spacial score (nSPS) is 16.6. The van der Waals surface area contributed by atoms with Gasteiger partial charge in [-0.2, -0.15) is 0 Å². The molecule has 1 saturated heterocycles. The number of likely N-dealkylation sites (tertiary alicyclic amines) is 1. The lowest BCUT2D eigenvalue weighted by Gasteiger charge is -2.19. The summed E-state index contributed by atoms with van der Waals surface area (Å²) in [6.07, 6.45) is 1.45. The minimum atomic E-state index is -0.917. The molecule has 172 valence electrons. The summed E-state index contributed by atoms with van der Waals surface area (Å²) in [4.78, 5) is 18.5. The number of nitrogen functional groups attached to an aromatic ring is 1. The molecule has 9 heteroatoms. The van der Waals surface area contributed by atoms with Crippen molar-refractivity contribution in [2.24, 2.45) is 5.73 Å². The van der Waals surface area contributed by atoms with E-state index in [2.05, 4.69) is 4.98 Å². The zero-order chi connectivity index (χ0) is 23.7. The van der Waals surface area contributed by atoms with Crippen LogP contribution in [0.3, 0.4) is 0 Å². The fourth-order valence-electron chi connectivity index (χ4n) is 3.83. The Bertz CT molecular complexity index is 1190. The molecule has 1 aromatic heterocycles. The number of carbonyl (C=O) groups excluding carboxylic acids is 1. The summed E-state index contributed by atoms with van der Waals surface area (Å²) in [6, 6.07) is 10.7. The van der Waals surface area contributed by atoms with Crippen LogP contribution >= 0.6 is 11.6 Å². The number of halogens is 3. The molecule has 33 heavy (non-hydrogen) atoms. The van der Waals surface area contributed by atoms with Crippen molar-refractivity contribution in [1.82, 2.24) is 9.88 Å². The summed E-state index contributed by atoms with van der Waals surface area (Å²) >= 11 is 5.94. The van der Waals surface area contributed by atoms with Gasteiger partial charge in [-0.05, 0) is 49.2 Å². The molecule has 0 spiro atoms. The highest BCUT2D eigenvalue weighted by Gasteiger charge is 2.24. The van der Waals surface area contributed by atoms with Crippen LogP contribution in [0.1, 0.15) is 35.4 Å². The van der Waals surface area contributed by atoms with Crippen LogP contribution in [0.5, 0.6) is 5.75 Å². The minimum Gasteiger partial charge on any atom is -0.482 e. The molecule has 4 rings (SSSR count). The van der Waals surface area contributed by atoms with Crippen molar-refractivity contribution in [3.63, 3.8) is 0 Å². The maximum absolute atomic E-state index is 14.2. The molecule has 1 fully saturated rings. The SMILES string of the molecule is CC(Oc1cc(-c2ccc(C(=O)N3CCC(N)C3)cc2)cnc1N)c1c(F)ccc(F)c1Cl. The number of anilines is 1. The number of amides is 1. The third kappa shape index (κ3) is 4.77. The van der Waals surface area contributed by atoms with Crippen molar-refractivity contribution in [3.05, 3.63) is 76.4 Å². The number of aromatic nitrogens is 1. The van der Waals surface area contributed by atoms with E-state index >= 15 is 0 Å². The average Bonchev–Trinajstić information content (AvgIpc) is 3.24. The Morgan fingerprint density at radius 2 is 1.88 bits per heavy atom. The van der Waals surface area contributed by atoms with Gasteiger partial charge in [0.2, 0.25) is 0 Å². The first kappa shape index (κ1) is 22.9. The predicted molar refractivity (Wildman–Crippen MR) is 123 cm³/mol. The summed E-state index contributed by atoms with van der Waals surface area (Å²) in [5.74, 6) is -1.19. The fraction of sp³-hybridized carbons (Fsp3) is 0.250. The van der Waals surface area contributed by atoms with Crippen LogP contribution in [0.4, 0.5) is 14.6 Å². The summed E-state index contributed by atoms with van der Waals surface area (Å²) in [5.41, 5.74) is 13.8. The molecule has 0 saturated carbocycles. The number of hydrogen-bond donors (Lipinski definition) is 2. The molecule has 2 heterocycles. The second-order valence-electron chi connectivity index (χ2n) is 8.00. The number of pyridine rings is 1. The molecule has 1 aliphatic rings. The van der Waals surface area contributed by atoms with Crippen molar-refractivity contribution >= 4 is 23.3 Å². The van der Waals surface area contributed by atoms with Gasteiger partial charge < -0.3 is 21.1 Å². The van der Waals surface area contributed by atoms with Crippen molar-refractivity contribution in [2.75, 3.05) is 18.8 Å². The van der Waals surface area contributed by atoms with Gasteiger partial charge in [0.05, 0.1) is 5.02 Å². The minimum absolute atomic E-state index is 0.0191. The second-order valence-corrected chi connectivity index (χ2v) is 8.38. The standard InChI is InChI=1S/C24H23ClF2N4O2/c1-13(21-18(26)6-7-19(27)22(21)25)33-20-10-16(11-30-23(20)29)14-2-4-15(5-3-14)24(32)31-9-8-17(28)12-31/h2-7,10-11,13,17H,8-9,12,28H2,1H3,(H2,29,30). The highest BCUT2D eigenvalue weighted by Crippen LogP contribution is 2.34. The van der Waals surface area contributed by atoms with Gasteiger partial charge in [0.1, 0.15) is 17.7 Å². The van der Waals surface area contributed by atoms with Crippen molar-refractivity contribution in [2.45, 2.75) is 25.5 Å². The van der Waals surface area contributed by atoms with E-state index in [0.717, 1.165) is 24.1 Å². The molecule has 6 nitrogen and oxygen atoms in total. The molecule has 2 atom stereocenters. The number of carbonyl (C=O) groups is 1. The molecular weight excluding hydrogens is 450 g/mol. The first-order valence-corrected chi connectivity index (χ1v) is 10.8. The Labute approximate surface area is 195 Å². The van der Waals surface area contributed by atoms with E-state index in [-0.39, 0.29) is 34.1 Å². The van der Waals surface area contributed by atoms with Crippen LogP contribution in [0.15, 0.2) is 48.7 Å². The highest BCUT2D eigenvalue weighted by atomic mass is 35.5. The smallest absolute Gasteiger partial charge is 0.253 e. The lowest BCUT2D eigenvalue weighted by atomic mass is 10.0. The van der Waals surface area contributed by atoms with E-state index in [1.807, 2.05) is 0 Å². The monoisotopic (exact) mass is 472 g/mol. The second kappa shape index (κ2) is 9.33. The first-order valence-electron chi connectivity index (χ1n) is 10.5. The van der Waals surface area contributed by atoms with Crippen LogP contribution in [0.2, 0.25) is 5.02 Å². The van der Waals surface area contributed by atoms with Crippen LogP contribution in [-0.4, -0.2) is 34.9 Å². The fourth-order valence-corrected chi connectivity index (χ4v) is 4.14. The Kier molecular flexibility index (Phi) is 6.49. The summed E-state index contributed by atoms with van der Waals surface area (Å²) in [6.45, 7) is 2.75.